The Labute approximate surface area is 181 Å². The number of rotatable bonds is 6. The molecular formula is C24H23ClN2O3. The molecule has 0 saturated carbocycles. The van der Waals surface area contributed by atoms with E-state index in [1.165, 1.54) is 0 Å². The van der Waals surface area contributed by atoms with Gasteiger partial charge in [-0.1, -0.05) is 29.3 Å². The van der Waals surface area contributed by atoms with Gasteiger partial charge in [0.15, 0.2) is 6.10 Å². The minimum absolute atomic E-state index is 0.239. The predicted molar refractivity (Wildman–Crippen MR) is 120 cm³/mol. The van der Waals surface area contributed by atoms with Crippen molar-refractivity contribution in [3.8, 4) is 5.75 Å². The van der Waals surface area contributed by atoms with E-state index in [-0.39, 0.29) is 11.8 Å². The van der Waals surface area contributed by atoms with Gasteiger partial charge < -0.3 is 15.4 Å². The largest absolute Gasteiger partial charge is 0.481 e. The van der Waals surface area contributed by atoms with Crippen molar-refractivity contribution in [3.05, 3.63) is 88.4 Å². The number of aryl methyl sites for hydroxylation is 2. The van der Waals surface area contributed by atoms with Crippen LogP contribution in [0.3, 0.4) is 0 Å². The van der Waals surface area contributed by atoms with E-state index in [2.05, 4.69) is 10.6 Å². The molecule has 0 aliphatic rings. The lowest BCUT2D eigenvalue weighted by atomic mass is 10.1. The third kappa shape index (κ3) is 5.61. The summed E-state index contributed by atoms with van der Waals surface area (Å²) in [4.78, 5) is 24.8. The Morgan fingerprint density at radius 2 is 1.57 bits per heavy atom. The number of nitrogens with one attached hydrogen (secondary N) is 2. The van der Waals surface area contributed by atoms with Gasteiger partial charge in [-0.3, -0.25) is 9.59 Å². The summed E-state index contributed by atoms with van der Waals surface area (Å²) in [5.74, 6) is 0.0109. The smallest absolute Gasteiger partial charge is 0.265 e. The molecule has 2 N–H and O–H groups in total. The van der Waals surface area contributed by atoms with Crippen LogP contribution in [0.15, 0.2) is 66.7 Å². The van der Waals surface area contributed by atoms with Crippen LogP contribution >= 0.6 is 11.6 Å². The maximum Gasteiger partial charge on any atom is 0.265 e. The summed E-state index contributed by atoms with van der Waals surface area (Å²) in [6.07, 6.45) is -0.692. The molecule has 5 nitrogen and oxygen atoms in total. The van der Waals surface area contributed by atoms with Gasteiger partial charge in [-0.05, 0) is 80.9 Å². The fourth-order valence-electron chi connectivity index (χ4n) is 2.79. The molecule has 0 fully saturated rings. The summed E-state index contributed by atoms with van der Waals surface area (Å²) < 4.78 is 5.70. The van der Waals surface area contributed by atoms with Crippen LogP contribution in [0.4, 0.5) is 11.4 Å². The first-order chi connectivity index (χ1) is 14.3. The van der Waals surface area contributed by atoms with Crippen LogP contribution in [0.1, 0.15) is 28.4 Å². The van der Waals surface area contributed by atoms with Crippen molar-refractivity contribution in [2.75, 3.05) is 10.6 Å². The number of anilines is 2. The normalized spacial score (nSPS) is 11.5. The average molecular weight is 423 g/mol. The predicted octanol–water partition coefficient (Wildman–Crippen LogP) is 5.62. The van der Waals surface area contributed by atoms with E-state index in [4.69, 9.17) is 16.3 Å². The Kier molecular flexibility index (Phi) is 6.75. The molecule has 6 heteroatoms. The third-order valence-corrected chi connectivity index (χ3v) is 4.79. The van der Waals surface area contributed by atoms with Crippen LogP contribution in [-0.2, 0) is 4.79 Å². The van der Waals surface area contributed by atoms with Crippen LogP contribution < -0.4 is 15.4 Å². The lowest BCUT2D eigenvalue weighted by Gasteiger charge is -2.15. The molecule has 0 saturated heterocycles. The van der Waals surface area contributed by atoms with Crippen LogP contribution in [0, 0.1) is 13.8 Å². The van der Waals surface area contributed by atoms with Crippen molar-refractivity contribution in [3.63, 3.8) is 0 Å². The maximum absolute atomic E-state index is 12.5. The van der Waals surface area contributed by atoms with Gasteiger partial charge >= 0.3 is 0 Å². The fraction of sp³-hybridized carbons (Fsp3) is 0.167. The Balaban J connectivity index is 1.58. The molecule has 0 bridgehead atoms. The molecule has 0 heterocycles. The molecule has 0 aliphatic heterocycles. The van der Waals surface area contributed by atoms with Crippen molar-refractivity contribution in [1.82, 2.24) is 0 Å². The number of hydrogen-bond donors (Lipinski definition) is 2. The van der Waals surface area contributed by atoms with Crippen molar-refractivity contribution < 1.29 is 14.3 Å². The molecule has 1 unspecified atom stereocenters. The zero-order valence-corrected chi connectivity index (χ0v) is 17.8. The van der Waals surface area contributed by atoms with Gasteiger partial charge in [0.25, 0.3) is 11.8 Å². The van der Waals surface area contributed by atoms with E-state index >= 15 is 0 Å². The van der Waals surface area contributed by atoms with Gasteiger partial charge in [-0.25, -0.2) is 0 Å². The van der Waals surface area contributed by atoms with Crippen molar-refractivity contribution in [2.24, 2.45) is 0 Å². The van der Waals surface area contributed by atoms with Gasteiger partial charge in [0.2, 0.25) is 0 Å². The highest BCUT2D eigenvalue weighted by Gasteiger charge is 2.15. The van der Waals surface area contributed by atoms with Crippen LogP contribution in [0.2, 0.25) is 5.02 Å². The van der Waals surface area contributed by atoms with Gasteiger partial charge in [-0.15, -0.1) is 0 Å². The summed E-state index contributed by atoms with van der Waals surface area (Å²) in [6.45, 7) is 5.53. The standard InChI is InChI=1S/C24H23ClN2O3/c1-15-4-9-20(10-5-15)26-23(28)17(3)30-21-11-6-18(7-12-21)24(29)27-22-13-8-19(25)14-16(22)2/h4-14,17H,1-3H3,(H,26,28)(H,27,29). The molecule has 30 heavy (non-hydrogen) atoms. The van der Waals surface area contributed by atoms with E-state index in [1.807, 2.05) is 38.1 Å². The SMILES string of the molecule is Cc1ccc(NC(=O)C(C)Oc2ccc(C(=O)Nc3ccc(Cl)cc3C)cc2)cc1. The zero-order chi connectivity index (χ0) is 21.7. The molecular weight excluding hydrogens is 400 g/mol. The van der Waals surface area contributed by atoms with Crippen molar-refractivity contribution in [1.29, 1.82) is 0 Å². The molecule has 154 valence electrons. The highest BCUT2D eigenvalue weighted by Crippen LogP contribution is 2.21. The van der Waals surface area contributed by atoms with E-state index in [9.17, 15) is 9.59 Å². The van der Waals surface area contributed by atoms with Gasteiger partial charge in [0, 0.05) is 22.0 Å². The summed E-state index contributed by atoms with van der Waals surface area (Å²) in [7, 11) is 0. The van der Waals surface area contributed by atoms with Crippen LogP contribution in [0.5, 0.6) is 5.75 Å². The lowest BCUT2D eigenvalue weighted by molar-refractivity contribution is -0.122. The Bertz CT molecular complexity index is 1050. The molecule has 0 radical (unpaired) electrons. The second-order valence-corrected chi connectivity index (χ2v) is 7.49. The summed E-state index contributed by atoms with van der Waals surface area (Å²) in [6, 6.07) is 19.5. The molecule has 1 atom stereocenters. The third-order valence-electron chi connectivity index (χ3n) is 4.55. The molecule has 2 amide bonds. The minimum Gasteiger partial charge on any atom is -0.481 e. The number of ether oxygens (including phenoxy) is 1. The maximum atomic E-state index is 12.5. The number of carbonyl (C=O) groups is 2. The minimum atomic E-state index is -0.692. The highest BCUT2D eigenvalue weighted by atomic mass is 35.5. The Morgan fingerprint density at radius 1 is 0.900 bits per heavy atom. The molecule has 3 aromatic rings. The Hall–Kier alpha value is -3.31. The van der Waals surface area contributed by atoms with E-state index in [1.54, 1.807) is 49.4 Å². The number of benzene rings is 3. The molecule has 3 aromatic carbocycles. The monoisotopic (exact) mass is 422 g/mol. The molecule has 0 aromatic heterocycles. The fourth-order valence-corrected chi connectivity index (χ4v) is 3.01. The summed E-state index contributed by atoms with van der Waals surface area (Å²) >= 11 is 5.95. The summed E-state index contributed by atoms with van der Waals surface area (Å²) in [5.41, 5.74) is 3.89. The Morgan fingerprint density at radius 3 is 2.20 bits per heavy atom. The average Bonchev–Trinajstić information content (AvgIpc) is 2.72. The van der Waals surface area contributed by atoms with Crippen molar-refractivity contribution in [2.45, 2.75) is 26.9 Å². The molecule has 3 rings (SSSR count). The van der Waals surface area contributed by atoms with Gasteiger partial charge in [0.1, 0.15) is 5.75 Å². The first-order valence-corrected chi connectivity index (χ1v) is 9.91. The van der Waals surface area contributed by atoms with Crippen molar-refractivity contribution >= 4 is 34.8 Å². The first kappa shape index (κ1) is 21.4. The second-order valence-electron chi connectivity index (χ2n) is 7.05. The zero-order valence-electron chi connectivity index (χ0n) is 17.0. The van der Waals surface area contributed by atoms with E-state index < -0.39 is 6.10 Å². The number of halogens is 1. The summed E-state index contributed by atoms with van der Waals surface area (Å²) in [5, 5.41) is 6.30. The number of amides is 2. The van der Waals surface area contributed by atoms with E-state index in [0.29, 0.717) is 27.7 Å². The number of hydrogen-bond acceptors (Lipinski definition) is 3. The molecule has 0 spiro atoms. The van der Waals surface area contributed by atoms with E-state index in [0.717, 1.165) is 11.1 Å². The second kappa shape index (κ2) is 9.46. The quantitative estimate of drug-likeness (QED) is 0.542. The van der Waals surface area contributed by atoms with Gasteiger partial charge in [-0.2, -0.15) is 0 Å². The van der Waals surface area contributed by atoms with Gasteiger partial charge in [0.05, 0.1) is 0 Å². The lowest BCUT2D eigenvalue weighted by Crippen LogP contribution is -2.30. The van der Waals surface area contributed by atoms with Crippen LogP contribution in [0.25, 0.3) is 0 Å². The van der Waals surface area contributed by atoms with Crippen LogP contribution in [-0.4, -0.2) is 17.9 Å². The highest BCUT2D eigenvalue weighted by molar-refractivity contribution is 6.30. The first-order valence-electron chi connectivity index (χ1n) is 9.53. The molecule has 0 aliphatic carbocycles. The topological polar surface area (TPSA) is 67.4 Å². The number of carbonyl (C=O) groups excluding carboxylic acids is 2.